The number of aromatic nitrogens is 2. The second-order valence-corrected chi connectivity index (χ2v) is 6.13. The van der Waals surface area contributed by atoms with E-state index in [9.17, 15) is 0 Å². The number of nitrogens with zero attached hydrogens (tertiary/aromatic N) is 2. The highest BCUT2D eigenvalue weighted by atomic mass is 32.1. The van der Waals surface area contributed by atoms with E-state index in [1.165, 1.54) is 15.0 Å². The molecular weight excluding hydrogens is 266 g/mol. The molecule has 3 rings (SSSR count). The van der Waals surface area contributed by atoms with Crippen molar-refractivity contribution in [2.75, 3.05) is 6.54 Å². The van der Waals surface area contributed by atoms with E-state index < -0.39 is 0 Å². The fourth-order valence-corrected chi connectivity index (χ4v) is 3.41. The Kier molecular flexibility index (Phi) is 4.14. The smallest absolute Gasteiger partial charge is 0.0945 e. The van der Waals surface area contributed by atoms with Crippen molar-refractivity contribution in [3.8, 4) is 0 Å². The van der Waals surface area contributed by atoms with Crippen LogP contribution in [0.2, 0.25) is 0 Å². The molecule has 2 heterocycles. The van der Waals surface area contributed by atoms with E-state index in [0.717, 1.165) is 19.5 Å². The summed E-state index contributed by atoms with van der Waals surface area (Å²) >= 11 is 1.88. The fraction of sp³-hybridized carbons (Fsp3) is 0.312. The number of benzene rings is 1. The van der Waals surface area contributed by atoms with E-state index in [1.807, 2.05) is 30.1 Å². The Labute approximate surface area is 123 Å². The molecule has 0 saturated heterocycles. The van der Waals surface area contributed by atoms with Gasteiger partial charge in [-0.15, -0.1) is 11.3 Å². The Morgan fingerprint density at radius 2 is 2.25 bits per heavy atom. The molecule has 1 aromatic carbocycles. The zero-order valence-corrected chi connectivity index (χ0v) is 12.4. The number of fused-ring (bicyclic) bond motifs is 1. The third-order valence-corrected chi connectivity index (χ3v) is 4.77. The van der Waals surface area contributed by atoms with Gasteiger partial charge in [0.15, 0.2) is 0 Å². The van der Waals surface area contributed by atoms with Crippen LogP contribution in [-0.4, -0.2) is 16.1 Å². The van der Waals surface area contributed by atoms with E-state index in [0.29, 0.717) is 6.04 Å². The van der Waals surface area contributed by atoms with E-state index in [1.54, 1.807) is 0 Å². The third kappa shape index (κ3) is 3.08. The molecule has 1 N–H and O–H groups in total. The predicted octanol–water partition coefficient (Wildman–Crippen LogP) is 3.84. The van der Waals surface area contributed by atoms with Crippen LogP contribution in [0.25, 0.3) is 10.1 Å². The minimum absolute atomic E-state index is 0.412. The summed E-state index contributed by atoms with van der Waals surface area (Å²) in [5.74, 6) is 0. The molecule has 0 amide bonds. The molecule has 0 bridgehead atoms. The monoisotopic (exact) mass is 285 g/mol. The van der Waals surface area contributed by atoms with Crippen molar-refractivity contribution in [3.63, 3.8) is 0 Å². The van der Waals surface area contributed by atoms with Crippen molar-refractivity contribution in [3.05, 3.63) is 53.9 Å². The minimum Gasteiger partial charge on any atom is -0.337 e. The molecule has 104 valence electrons. The maximum Gasteiger partial charge on any atom is 0.0945 e. The molecule has 3 nitrogen and oxygen atoms in total. The summed E-state index contributed by atoms with van der Waals surface area (Å²) in [7, 11) is 0. The van der Waals surface area contributed by atoms with Crippen LogP contribution < -0.4 is 5.32 Å². The van der Waals surface area contributed by atoms with Gasteiger partial charge in [0.05, 0.1) is 6.33 Å². The molecular formula is C16H19N3S. The Bertz CT molecular complexity index is 624. The molecule has 0 aliphatic heterocycles. The number of rotatable bonds is 6. The third-order valence-electron chi connectivity index (χ3n) is 3.47. The highest BCUT2D eigenvalue weighted by Gasteiger charge is 2.08. The highest BCUT2D eigenvalue weighted by molar-refractivity contribution is 7.19. The number of hydrogen-bond acceptors (Lipinski definition) is 3. The first-order valence-corrected chi connectivity index (χ1v) is 7.82. The van der Waals surface area contributed by atoms with Crippen molar-refractivity contribution >= 4 is 21.4 Å². The van der Waals surface area contributed by atoms with Crippen LogP contribution in [0.1, 0.15) is 24.3 Å². The molecule has 0 fully saturated rings. The van der Waals surface area contributed by atoms with Crippen LogP contribution in [0.3, 0.4) is 0 Å². The van der Waals surface area contributed by atoms with Crippen LogP contribution >= 0.6 is 11.3 Å². The van der Waals surface area contributed by atoms with Crippen molar-refractivity contribution in [1.82, 2.24) is 14.9 Å². The van der Waals surface area contributed by atoms with Crippen LogP contribution in [0, 0.1) is 0 Å². The molecule has 1 unspecified atom stereocenters. The van der Waals surface area contributed by atoms with E-state index >= 15 is 0 Å². The lowest BCUT2D eigenvalue weighted by Crippen LogP contribution is -2.20. The van der Waals surface area contributed by atoms with Gasteiger partial charge in [-0.1, -0.05) is 18.2 Å². The number of imidazole rings is 1. The average molecular weight is 285 g/mol. The van der Waals surface area contributed by atoms with Gasteiger partial charge in [0.2, 0.25) is 0 Å². The SMILES string of the molecule is CC(NCCCn1ccnc1)c1cc2ccccc2s1. The molecule has 0 aliphatic carbocycles. The van der Waals surface area contributed by atoms with Gasteiger partial charge in [-0.05, 0) is 37.4 Å². The lowest BCUT2D eigenvalue weighted by atomic mass is 10.2. The summed E-state index contributed by atoms with van der Waals surface area (Å²) in [6, 6.07) is 11.3. The maximum atomic E-state index is 4.05. The number of aryl methyl sites for hydroxylation is 1. The Morgan fingerprint density at radius 3 is 3.05 bits per heavy atom. The summed E-state index contributed by atoms with van der Waals surface area (Å²) < 4.78 is 3.49. The second kappa shape index (κ2) is 6.20. The van der Waals surface area contributed by atoms with Gasteiger partial charge in [0.1, 0.15) is 0 Å². The summed E-state index contributed by atoms with van der Waals surface area (Å²) in [4.78, 5) is 5.46. The van der Waals surface area contributed by atoms with Crippen LogP contribution in [0.4, 0.5) is 0 Å². The molecule has 3 aromatic rings. The minimum atomic E-state index is 0.412. The molecule has 20 heavy (non-hydrogen) atoms. The van der Waals surface area contributed by atoms with Gasteiger partial charge >= 0.3 is 0 Å². The van der Waals surface area contributed by atoms with Crippen LogP contribution in [-0.2, 0) is 6.54 Å². The zero-order chi connectivity index (χ0) is 13.8. The number of thiophene rings is 1. The van der Waals surface area contributed by atoms with Crippen molar-refractivity contribution in [1.29, 1.82) is 0 Å². The Morgan fingerprint density at radius 1 is 1.35 bits per heavy atom. The molecule has 0 saturated carbocycles. The fourth-order valence-electron chi connectivity index (χ4n) is 2.32. The van der Waals surface area contributed by atoms with Gasteiger partial charge in [-0.3, -0.25) is 0 Å². The molecule has 4 heteroatoms. The van der Waals surface area contributed by atoms with Crippen molar-refractivity contribution in [2.45, 2.75) is 25.9 Å². The van der Waals surface area contributed by atoms with E-state index in [4.69, 9.17) is 0 Å². The molecule has 0 spiro atoms. The summed E-state index contributed by atoms with van der Waals surface area (Å²) in [5, 5.41) is 4.95. The molecule has 1 atom stereocenters. The topological polar surface area (TPSA) is 29.9 Å². The second-order valence-electron chi connectivity index (χ2n) is 5.02. The maximum absolute atomic E-state index is 4.05. The van der Waals surface area contributed by atoms with Crippen LogP contribution in [0.5, 0.6) is 0 Å². The zero-order valence-electron chi connectivity index (χ0n) is 11.6. The summed E-state index contributed by atoms with van der Waals surface area (Å²) in [5.41, 5.74) is 0. The number of hydrogen-bond donors (Lipinski definition) is 1. The van der Waals surface area contributed by atoms with Gasteiger partial charge in [0.25, 0.3) is 0 Å². The first-order valence-electron chi connectivity index (χ1n) is 7.00. The normalized spacial score (nSPS) is 12.8. The lowest BCUT2D eigenvalue weighted by Gasteiger charge is -2.11. The molecule has 0 aliphatic rings. The highest BCUT2D eigenvalue weighted by Crippen LogP contribution is 2.29. The van der Waals surface area contributed by atoms with Crippen molar-refractivity contribution in [2.24, 2.45) is 0 Å². The number of nitrogens with one attached hydrogen (secondary N) is 1. The standard InChI is InChI=1S/C16H19N3S/c1-13(18-7-4-9-19-10-8-17-12-19)16-11-14-5-2-3-6-15(14)20-16/h2-3,5-6,8,10-13,18H,4,7,9H2,1H3. The summed E-state index contributed by atoms with van der Waals surface area (Å²) in [6.45, 7) is 4.28. The first kappa shape index (κ1) is 13.3. The van der Waals surface area contributed by atoms with Gasteiger partial charge < -0.3 is 9.88 Å². The van der Waals surface area contributed by atoms with Gasteiger partial charge in [0, 0.05) is 34.6 Å². The van der Waals surface area contributed by atoms with Crippen LogP contribution in [0.15, 0.2) is 49.1 Å². The summed E-state index contributed by atoms with van der Waals surface area (Å²) in [6.07, 6.45) is 6.82. The van der Waals surface area contributed by atoms with E-state index in [2.05, 4.69) is 52.1 Å². The Balaban J connectivity index is 1.52. The average Bonchev–Trinajstić information content (AvgIpc) is 3.12. The van der Waals surface area contributed by atoms with Gasteiger partial charge in [-0.2, -0.15) is 0 Å². The van der Waals surface area contributed by atoms with Gasteiger partial charge in [-0.25, -0.2) is 4.98 Å². The Hall–Kier alpha value is -1.65. The molecule has 0 radical (unpaired) electrons. The van der Waals surface area contributed by atoms with E-state index in [-0.39, 0.29) is 0 Å². The lowest BCUT2D eigenvalue weighted by molar-refractivity contribution is 0.531. The largest absolute Gasteiger partial charge is 0.337 e. The van der Waals surface area contributed by atoms with Crippen molar-refractivity contribution < 1.29 is 0 Å². The molecule has 2 aromatic heterocycles. The first-order chi connectivity index (χ1) is 9.83. The predicted molar refractivity (Wildman–Crippen MR) is 85.1 cm³/mol. The quantitative estimate of drug-likeness (QED) is 0.697.